The van der Waals surface area contributed by atoms with Crippen molar-refractivity contribution in [3.8, 4) is 5.88 Å². The molecule has 1 amide bonds. The summed E-state index contributed by atoms with van der Waals surface area (Å²) in [6.07, 6.45) is -1.51. The molecule has 1 atom stereocenters. The van der Waals surface area contributed by atoms with Gasteiger partial charge in [0.05, 0.1) is 18.2 Å². The Morgan fingerprint density at radius 1 is 1.50 bits per heavy atom. The number of rotatable bonds is 6. The second-order valence-corrected chi connectivity index (χ2v) is 5.56. The first kappa shape index (κ1) is 20.8. The van der Waals surface area contributed by atoms with Crippen molar-refractivity contribution >= 4 is 29.9 Å². The van der Waals surface area contributed by atoms with Gasteiger partial charge in [-0.2, -0.15) is 13.2 Å². The topological polar surface area (TPSA) is 63.2 Å². The number of ether oxygens (including phenoxy) is 1. The average molecular weight is 388 g/mol. The molecule has 1 aliphatic rings. The molecule has 1 aromatic heterocycles. The molecule has 0 bridgehead atoms. The lowest BCUT2D eigenvalue weighted by Gasteiger charge is -2.12. The van der Waals surface area contributed by atoms with Gasteiger partial charge in [-0.05, 0) is 31.9 Å². The van der Waals surface area contributed by atoms with Gasteiger partial charge in [0.25, 0.3) is 0 Å². The third-order valence-corrected chi connectivity index (χ3v) is 3.64. The number of alkyl halides is 3. The van der Waals surface area contributed by atoms with Crippen molar-refractivity contribution in [3.63, 3.8) is 0 Å². The van der Waals surface area contributed by atoms with Gasteiger partial charge >= 0.3 is 6.18 Å². The Balaban J connectivity index is 0.00000288. The van der Waals surface area contributed by atoms with E-state index in [0.717, 1.165) is 25.5 Å². The van der Waals surface area contributed by atoms with Crippen LogP contribution in [0, 0.1) is 0 Å². The van der Waals surface area contributed by atoms with Gasteiger partial charge in [0.15, 0.2) is 0 Å². The van der Waals surface area contributed by atoms with Crippen molar-refractivity contribution < 1.29 is 22.7 Å². The molecule has 2 rings (SSSR count). The summed E-state index contributed by atoms with van der Waals surface area (Å²) in [4.78, 5) is 15.3. The fraction of sp³-hybridized carbons (Fsp3) is 0.571. The number of hydrogen-bond donors (Lipinski definition) is 2. The van der Waals surface area contributed by atoms with Gasteiger partial charge in [-0.3, -0.25) is 4.79 Å². The van der Waals surface area contributed by atoms with Crippen molar-refractivity contribution in [2.45, 2.75) is 31.5 Å². The third-order valence-electron chi connectivity index (χ3n) is 3.37. The number of hydrogen-bond acceptors (Lipinski definition) is 4. The lowest BCUT2D eigenvalue weighted by molar-refractivity contribution is -0.137. The quantitative estimate of drug-likeness (QED) is 0.736. The van der Waals surface area contributed by atoms with Crippen LogP contribution < -0.4 is 15.4 Å². The zero-order valence-corrected chi connectivity index (χ0v) is 14.2. The number of carbonyl (C=O) groups excluding carboxylic acids is 1. The van der Waals surface area contributed by atoms with Crippen LogP contribution in [0.5, 0.6) is 5.88 Å². The highest BCUT2D eigenvalue weighted by Crippen LogP contribution is 2.33. The number of pyridine rings is 1. The number of amides is 1. The Bertz CT molecular complexity index is 553. The van der Waals surface area contributed by atoms with Crippen molar-refractivity contribution in [3.05, 3.63) is 22.8 Å². The van der Waals surface area contributed by atoms with E-state index in [2.05, 4.69) is 15.6 Å². The summed E-state index contributed by atoms with van der Waals surface area (Å²) in [6.45, 7) is 1.45. The summed E-state index contributed by atoms with van der Waals surface area (Å²) in [5.74, 6) is -0.100. The number of nitrogens with zero attached hydrogens (tertiary/aromatic N) is 1. The molecule has 2 heterocycles. The van der Waals surface area contributed by atoms with Gasteiger partial charge in [-0.25, -0.2) is 4.98 Å². The van der Waals surface area contributed by atoms with Crippen LogP contribution in [0.15, 0.2) is 12.3 Å². The molecule has 136 valence electrons. The Morgan fingerprint density at radius 3 is 2.83 bits per heavy atom. The Kier molecular flexibility index (Phi) is 8.05. The first-order valence-electron chi connectivity index (χ1n) is 7.24. The smallest absolute Gasteiger partial charge is 0.417 e. The second-order valence-electron chi connectivity index (χ2n) is 5.15. The predicted octanol–water partition coefficient (Wildman–Crippen LogP) is 2.81. The number of carbonyl (C=O) groups is 1. The first-order valence-corrected chi connectivity index (χ1v) is 7.62. The van der Waals surface area contributed by atoms with Crippen LogP contribution >= 0.6 is 24.0 Å². The largest absolute Gasteiger partial charge is 0.477 e. The van der Waals surface area contributed by atoms with Gasteiger partial charge < -0.3 is 15.4 Å². The van der Waals surface area contributed by atoms with Crippen LogP contribution in [0.2, 0.25) is 5.02 Å². The van der Waals surface area contributed by atoms with E-state index in [0.29, 0.717) is 19.2 Å². The highest BCUT2D eigenvalue weighted by molar-refractivity contribution is 6.31. The number of aromatic nitrogens is 1. The van der Waals surface area contributed by atoms with E-state index in [-0.39, 0.29) is 41.9 Å². The molecule has 10 heteroatoms. The average Bonchev–Trinajstić information content (AvgIpc) is 3.01. The van der Waals surface area contributed by atoms with E-state index in [9.17, 15) is 18.0 Å². The normalized spacial score (nSPS) is 17.2. The van der Waals surface area contributed by atoms with Crippen molar-refractivity contribution in [1.82, 2.24) is 15.6 Å². The van der Waals surface area contributed by atoms with Crippen LogP contribution in [-0.2, 0) is 11.0 Å². The minimum Gasteiger partial charge on any atom is -0.477 e. The summed E-state index contributed by atoms with van der Waals surface area (Å²) >= 11 is 5.72. The molecule has 1 unspecified atom stereocenters. The zero-order chi connectivity index (χ0) is 16.9. The molecule has 1 aliphatic heterocycles. The molecule has 0 saturated carbocycles. The van der Waals surface area contributed by atoms with Gasteiger partial charge in [0, 0.05) is 12.7 Å². The Morgan fingerprint density at radius 2 is 2.25 bits per heavy atom. The maximum absolute atomic E-state index is 12.5. The van der Waals surface area contributed by atoms with Crippen molar-refractivity contribution in [2.24, 2.45) is 0 Å². The molecule has 0 radical (unpaired) electrons. The fourth-order valence-electron chi connectivity index (χ4n) is 2.17. The monoisotopic (exact) mass is 387 g/mol. The van der Waals surface area contributed by atoms with E-state index < -0.39 is 11.7 Å². The SMILES string of the molecule is Cl.O=C(NCCCOc1ncc(C(F)(F)F)cc1Cl)C1CCCN1. The van der Waals surface area contributed by atoms with Crippen LogP contribution in [0.1, 0.15) is 24.8 Å². The third kappa shape index (κ3) is 5.99. The highest BCUT2D eigenvalue weighted by atomic mass is 35.5. The van der Waals surface area contributed by atoms with Gasteiger partial charge in [-0.1, -0.05) is 11.6 Å². The molecule has 1 saturated heterocycles. The van der Waals surface area contributed by atoms with E-state index >= 15 is 0 Å². The standard InChI is InChI=1S/C14H17ClF3N3O2.ClH/c15-10-7-9(14(16,17)18)8-21-13(10)23-6-2-5-20-12(22)11-3-1-4-19-11;/h7-8,11,19H,1-6H2,(H,20,22);1H. The molecule has 0 aliphatic carbocycles. The van der Waals surface area contributed by atoms with Gasteiger partial charge in [-0.15, -0.1) is 12.4 Å². The first-order chi connectivity index (χ1) is 10.9. The van der Waals surface area contributed by atoms with E-state index in [4.69, 9.17) is 16.3 Å². The summed E-state index contributed by atoms with van der Waals surface area (Å²) < 4.78 is 42.6. The molecule has 0 spiro atoms. The lowest BCUT2D eigenvalue weighted by Crippen LogP contribution is -2.40. The highest BCUT2D eigenvalue weighted by Gasteiger charge is 2.31. The molecule has 5 nitrogen and oxygen atoms in total. The number of halogens is 5. The summed E-state index contributed by atoms with van der Waals surface area (Å²) in [5, 5.41) is 5.66. The number of nitrogens with one attached hydrogen (secondary N) is 2. The van der Waals surface area contributed by atoms with Crippen molar-refractivity contribution in [1.29, 1.82) is 0 Å². The van der Waals surface area contributed by atoms with Crippen LogP contribution in [-0.4, -0.2) is 36.6 Å². The van der Waals surface area contributed by atoms with Gasteiger partial charge in [0.2, 0.25) is 11.8 Å². The Labute approximate surface area is 148 Å². The molecular weight excluding hydrogens is 370 g/mol. The van der Waals surface area contributed by atoms with Crippen LogP contribution in [0.25, 0.3) is 0 Å². The molecule has 1 fully saturated rings. The van der Waals surface area contributed by atoms with E-state index in [1.165, 1.54) is 0 Å². The molecule has 24 heavy (non-hydrogen) atoms. The predicted molar refractivity (Wildman–Crippen MR) is 85.6 cm³/mol. The zero-order valence-electron chi connectivity index (χ0n) is 12.7. The van der Waals surface area contributed by atoms with Crippen LogP contribution in [0.3, 0.4) is 0 Å². The summed E-state index contributed by atoms with van der Waals surface area (Å²) in [6, 6.07) is 0.638. The maximum atomic E-state index is 12.5. The fourth-order valence-corrected chi connectivity index (χ4v) is 2.39. The lowest BCUT2D eigenvalue weighted by atomic mass is 10.2. The Hall–Kier alpha value is -1.25. The molecular formula is C14H18Cl2F3N3O2. The van der Waals surface area contributed by atoms with E-state index in [1.54, 1.807) is 0 Å². The minimum absolute atomic E-state index is 0. The molecule has 0 aromatic carbocycles. The van der Waals surface area contributed by atoms with Crippen LogP contribution in [0.4, 0.5) is 13.2 Å². The second kappa shape index (κ2) is 9.29. The summed E-state index contributed by atoms with van der Waals surface area (Å²) in [7, 11) is 0. The summed E-state index contributed by atoms with van der Waals surface area (Å²) in [5.41, 5.74) is -0.925. The maximum Gasteiger partial charge on any atom is 0.417 e. The molecule has 1 aromatic rings. The van der Waals surface area contributed by atoms with Crippen molar-refractivity contribution in [2.75, 3.05) is 19.7 Å². The minimum atomic E-state index is -4.49. The molecule has 2 N–H and O–H groups in total. The van der Waals surface area contributed by atoms with E-state index in [1.807, 2.05) is 0 Å². The van der Waals surface area contributed by atoms with Gasteiger partial charge in [0.1, 0.15) is 5.02 Å².